The topological polar surface area (TPSA) is 38.5 Å². The van der Waals surface area contributed by atoms with Crippen LogP contribution in [0.1, 0.15) is 17.7 Å². The lowest BCUT2D eigenvalue weighted by atomic mass is 9.99. The molecule has 0 spiro atoms. The molecule has 1 aliphatic rings. The van der Waals surface area contributed by atoms with Crippen LogP contribution in [0.2, 0.25) is 5.02 Å². The molecule has 2 heterocycles. The van der Waals surface area contributed by atoms with Crippen LogP contribution < -0.4 is 5.73 Å². The van der Waals surface area contributed by atoms with Crippen LogP contribution in [0.3, 0.4) is 0 Å². The SMILES string of the molecule is COC1CCN(Cc2sc3ccccc3c2Cl)C(CN)C1. The van der Waals surface area contributed by atoms with Gasteiger partial charge in [0.05, 0.1) is 11.1 Å². The van der Waals surface area contributed by atoms with E-state index in [9.17, 15) is 0 Å². The Morgan fingerprint density at radius 2 is 2.24 bits per heavy atom. The minimum atomic E-state index is 0.340. The van der Waals surface area contributed by atoms with E-state index in [-0.39, 0.29) is 0 Å². The number of rotatable bonds is 4. The monoisotopic (exact) mass is 324 g/mol. The smallest absolute Gasteiger partial charge is 0.0637 e. The van der Waals surface area contributed by atoms with E-state index in [4.69, 9.17) is 22.1 Å². The Kier molecular flexibility index (Phi) is 4.82. The zero-order chi connectivity index (χ0) is 14.8. The highest BCUT2D eigenvalue weighted by Crippen LogP contribution is 2.36. The lowest BCUT2D eigenvalue weighted by molar-refractivity contribution is 0.0106. The van der Waals surface area contributed by atoms with E-state index in [1.54, 1.807) is 18.4 Å². The molecule has 0 saturated carbocycles. The number of hydrogen-bond donors (Lipinski definition) is 1. The summed E-state index contributed by atoms with van der Waals surface area (Å²) < 4.78 is 6.75. The number of likely N-dealkylation sites (tertiary alicyclic amines) is 1. The summed E-state index contributed by atoms with van der Waals surface area (Å²) in [4.78, 5) is 3.69. The van der Waals surface area contributed by atoms with Crippen LogP contribution in [0.15, 0.2) is 24.3 Å². The van der Waals surface area contributed by atoms with Crippen LogP contribution in [0.5, 0.6) is 0 Å². The Labute approximate surface area is 134 Å². The molecule has 3 rings (SSSR count). The van der Waals surface area contributed by atoms with Crippen molar-refractivity contribution in [1.82, 2.24) is 4.90 Å². The lowest BCUT2D eigenvalue weighted by Crippen LogP contribution is -2.47. The maximum absolute atomic E-state index is 6.55. The fraction of sp³-hybridized carbons (Fsp3) is 0.500. The third-order valence-electron chi connectivity index (χ3n) is 4.34. The highest BCUT2D eigenvalue weighted by Gasteiger charge is 2.28. The summed E-state index contributed by atoms with van der Waals surface area (Å²) in [5.74, 6) is 0. The average molecular weight is 325 g/mol. The first-order chi connectivity index (χ1) is 10.2. The first-order valence-corrected chi connectivity index (χ1v) is 8.55. The molecular formula is C16H21ClN2OS. The zero-order valence-electron chi connectivity index (χ0n) is 12.2. The minimum Gasteiger partial charge on any atom is -0.381 e. The van der Waals surface area contributed by atoms with Gasteiger partial charge in [-0.15, -0.1) is 11.3 Å². The molecule has 21 heavy (non-hydrogen) atoms. The van der Waals surface area contributed by atoms with Gasteiger partial charge in [0.25, 0.3) is 0 Å². The molecule has 0 radical (unpaired) electrons. The van der Waals surface area contributed by atoms with Gasteiger partial charge < -0.3 is 10.5 Å². The Bertz CT molecular complexity index is 615. The van der Waals surface area contributed by atoms with Gasteiger partial charge in [-0.05, 0) is 18.9 Å². The Hall–Kier alpha value is -0.650. The van der Waals surface area contributed by atoms with E-state index in [0.29, 0.717) is 18.7 Å². The maximum Gasteiger partial charge on any atom is 0.0637 e. The maximum atomic E-state index is 6.55. The first-order valence-electron chi connectivity index (χ1n) is 7.35. The first kappa shape index (κ1) is 15.3. The summed E-state index contributed by atoms with van der Waals surface area (Å²) in [5, 5.41) is 2.07. The molecule has 0 bridgehead atoms. The van der Waals surface area contributed by atoms with E-state index >= 15 is 0 Å². The van der Waals surface area contributed by atoms with Gasteiger partial charge in [-0.1, -0.05) is 29.8 Å². The number of hydrogen-bond acceptors (Lipinski definition) is 4. The molecule has 2 N–H and O–H groups in total. The summed E-state index contributed by atoms with van der Waals surface area (Å²) in [6, 6.07) is 8.70. The van der Waals surface area contributed by atoms with Gasteiger partial charge in [-0.25, -0.2) is 0 Å². The van der Waals surface area contributed by atoms with Gasteiger partial charge in [-0.3, -0.25) is 4.90 Å². The molecule has 1 saturated heterocycles. The molecular weight excluding hydrogens is 304 g/mol. The molecule has 1 aliphatic heterocycles. The summed E-state index contributed by atoms with van der Waals surface area (Å²) in [6.07, 6.45) is 2.41. The van der Waals surface area contributed by atoms with Crippen molar-refractivity contribution in [3.63, 3.8) is 0 Å². The standard InChI is InChI=1S/C16H21ClN2OS/c1-20-12-6-7-19(11(8-12)9-18)10-15-16(17)13-4-2-3-5-14(13)21-15/h2-5,11-12H,6-10,18H2,1H3. The number of halogens is 1. The van der Waals surface area contributed by atoms with Gasteiger partial charge in [0.15, 0.2) is 0 Å². The van der Waals surface area contributed by atoms with Crippen LogP contribution in [-0.4, -0.2) is 37.2 Å². The van der Waals surface area contributed by atoms with Gasteiger partial charge in [-0.2, -0.15) is 0 Å². The normalized spacial score (nSPS) is 23.8. The quantitative estimate of drug-likeness (QED) is 0.935. The van der Waals surface area contributed by atoms with Crippen molar-refractivity contribution in [3.8, 4) is 0 Å². The number of nitrogens with zero attached hydrogens (tertiary/aromatic N) is 1. The average Bonchev–Trinajstić information content (AvgIpc) is 2.84. The van der Waals surface area contributed by atoms with E-state index in [2.05, 4.69) is 23.1 Å². The summed E-state index contributed by atoms with van der Waals surface area (Å²) >= 11 is 8.34. The molecule has 1 aromatic heterocycles. The number of thiophene rings is 1. The second kappa shape index (κ2) is 6.63. The fourth-order valence-corrected chi connectivity index (χ4v) is 4.60. The van der Waals surface area contributed by atoms with Gasteiger partial charge in [0, 0.05) is 47.7 Å². The molecule has 2 aromatic rings. The Morgan fingerprint density at radius 3 is 2.95 bits per heavy atom. The molecule has 2 atom stereocenters. The number of fused-ring (bicyclic) bond motifs is 1. The third kappa shape index (κ3) is 3.10. The second-order valence-electron chi connectivity index (χ2n) is 5.58. The number of ether oxygens (including phenoxy) is 1. The van der Waals surface area contributed by atoms with Crippen molar-refractivity contribution in [2.24, 2.45) is 5.73 Å². The second-order valence-corrected chi connectivity index (χ2v) is 7.09. The molecule has 1 aromatic carbocycles. The molecule has 5 heteroatoms. The molecule has 0 aliphatic carbocycles. The van der Waals surface area contributed by atoms with Gasteiger partial charge >= 0.3 is 0 Å². The number of benzene rings is 1. The Balaban J connectivity index is 1.79. The minimum absolute atomic E-state index is 0.340. The van der Waals surface area contributed by atoms with E-state index in [1.165, 1.54) is 9.58 Å². The van der Waals surface area contributed by atoms with Crippen LogP contribution >= 0.6 is 22.9 Å². The van der Waals surface area contributed by atoms with Crippen molar-refractivity contribution in [3.05, 3.63) is 34.2 Å². The van der Waals surface area contributed by atoms with E-state index in [1.807, 2.05) is 6.07 Å². The highest BCUT2D eigenvalue weighted by atomic mass is 35.5. The predicted octanol–water partition coefficient (Wildman–Crippen LogP) is 3.49. The van der Waals surface area contributed by atoms with Gasteiger partial charge in [0.2, 0.25) is 0 Å². The van der Waals surface area contributed by atoms with Crippen molar-refractivity contribution in [2.45, 2.75) is 31.5 Å². The van der Waals surface area contributed by atoms with Crippen LogP contribution in [0, 0.1) is 0 Å². The number of nitrogens with two attached hydrogens (primary N) is 1. The van der Waals surface area contributed by atoms with Crippen LogP contribution in [0.4, 0.5) is 0 Å². The number of piperidine rings is 1. The molecule has 114 valence electrons. The van der Waals surface area contributed by atoms with Crippen LogP contribution in [-0.2, 0) is 11.3 Å². The zero-order valence-corrected chi connectivity index (χ0v) is 13.8. The largest absolute Gasteiger partial charge is 0.381 e. The predicted molar refractivity (Wildman–Crippen MR) is 90.1 cm³/mol. The van der Waals surface area contributed by atoms with Crippen molar-refractivity contribution in [1.29, 1.82) is 0 Å². The summed E-state index contributed by atoms with van der Waals surface area (Å²) in [5.41, 5.74) is 5.95. The van der Waals surface area contributed by atoms with Crippen molar-refractivity contribution >= 4 is 33.0 Å². The molecule has 2 unspecified atom stereocenters. The number of methoxy groups -OCH3 is 1. The summed E-state index contributed by atoms with van der Waals surface area (Å²) in [6.45, 7) is 2.57. The molecule has 3 nitrogen and oxygen atoms in total. The van der Waals surface area contributed by atoms with E-state index in [0.717, 1.165) is 36.3 Å². The van der Waals surface area contributed by atoms with Crippen LogP contribution in [0.25, 0.3) is 10.1 Å². The summed E-state index contributed by atoms with van der Waals surface area (Å²) in [7, 11) is 1.79. The highest BCUT2D eigenvalue weighted by molar-refractivity contribution is 7.19. The van der Waals surface area contributed by atoms with Gasteiger partial charge in [0.1, 0.15) is 0 Å². The fourth-order valence-electron chi connectivity index (χ4n) is 3.08. The third-order valence-corrected chi connectivity index (χ3v) is 6.04. The molecule has 1 fully saturated rings. The lowest BCUT2D eigenvalue weighted by Gasteiger charge is -2.38. The van der Waals surface area contributed by atoms with Crippen molar-refractivity contribution < 1.29 is 4.74 Å². The molecule has 0 amide bonds. The van der Waals surface area contributed by atoms with Crippen molar-refractivity contribution in [2.75, 3.05) is 20.2 Å². The Morgan fingerprint density at radius 1 is 1.43 bits per heavy atom. The van der Waals surface area contributed by atoms with E-state index < -0.39 is 0 Å².